The average molecular weight is 268 g/mol. The number of rotatable bonds is 3. The Hall–Kier alpha value is -0.610. The lowest BCUT2D eigenvalue weighted by molar-refractivity contribution is -0.140. The lowest BCUT2D eigenvalue weighted by Gasteiger charge is -2.42. The van der Waals surface area contributed by atoms with Gasteiger partial charge in [-0.15, -0.1) is 0 Å². The van der Waals surface area contributed by atoms with E-state index >= 15 is 0 Å². The highest BCUT2D eigenvalue weighted by atomic mass is 16.3. The van der Waals surface area contributed by atoms with Crippen LogP contribution in [0.2, 0.25) is 0 Å². The largest absolute Gasteiger partial charge is 0.396 e. The lowest BCUT2D eigenvalue weighted by atomic mass is 9.76. The maximum Gasteiger partial charge on any atom is 0.242 e. The third-order valence-corrected chi connectivity index (χ3v) is 4.80. The summed E-state index contributed by atoms with van der Waals surface area (Å²) in [5.41, 5.74) is 5.78. The van der Waals surface area contributed by atoms with Crippen LogP contribution in [-0.2, 0) is 4.79 Å². The van der Waals surface area contributed by atoms with Crippen molar-refractivity contribution in [2.45, 2.75) is 57.4 Å². The van der Waals surface area contributed by atoms with E-state index < -0.39 is 5.54 Å². The molecular weight excluding hydrogens is 240 g/mol. The van der Waals surface area contributed by atoms with Crippen molar-refractivity contribution >= 4 is 5.91 Å². The number of amides is 1. The Balaban J connectivity index is 1.98. The predicted octanol–water partition coefficient (Wildman–Crippen LogP) is 1.51. The number of carbonyl (C=O) groups excluding carboxylic acids is 1. The maximum absolute atomic E-state index is 12.7. The molecule has 1 aliphatic carbocycles. The molecule has 0 aromatic carbocycles. The van der Waals surface area contributed by atoms with Gasteiger partial charge in [0, 0.05) is 19.7 Å². The summed E-state index contributed by atoms with van der Waals surface area (Å²) in [6.07, 6.45) is 6.89. The Morgan fingerprint density at radius 2 is 2.21 bits per heavy atom. The molecule has 2 aliphatic rings. The first kappa shape index (κ1) is 14.8. The molecule has 0 spiro atoms. The van der Waals surface area contributed by atoms with Gasteiger partial charge in [-0.25, -0.2) is 0 Å². The predicted molar refractivity (Wildman–Crippen MR) is 75.6 cm³/mol. The van der Waals surface area contributed by atoms with Gasteiger partial charge in [-0.05, 0) is 43.9 Å². The first-order chi connectivity index (χ1) is 9.05. The smallest absolute Gasteiger partial charge is 0.242 e. The molecule has 4 nitrogen and oxygen atoms in total. The fourth-order valence-corrected chi connectivity index (χ4v) is 3.77. The Morgan fingerprint density at radius 1 is 1.42 bits per heavy atom. The van der Waals surface area contributed by atoms with Crippen LogP contribution in [0.15, 0.2) is 0 Å². The Morgan fingerprint density at radius 3 is 2.89 bits per heavy atom. The van der Waals surface area contributed by atoms with E-state index in [0.717, 1.165) is 51.6 Å². The van der Waals surface area contributed by atoms with Gasteiger partial charge in [-0.1, -0.05) is 19.8 Å². The van der Waals surface area contributed by atoms with Gasteiger partial charge in [0.25, 0.3) is 0 Å². The van der Waals surface area contributed by atoms with Crippen LogP contribution in [0.1, 0.15) is 51.9 Å². The van der Waals surface area contributed by atoms with Crippen molar-refractivity contribution in [3.63, 3.8) is 0 Å². The summed E-state index contributed by atoms with van der Waals surface area (Å²) >= 11 is 0. The zero-order valence-electron chi connectivity index (χ0n) is 12.1. The monoisotopic (exact) mass is 268 g/mol. The van der Waals surface area contributed by atoms with Crippen LogP contribution in [0, 0.1) is 11.8 Å². The van der Waals surface area contributed by atoms with E-state index in [2.05, 4.69) is 6.92 Å². The molecule has 1 saturated heterocycles. The number of hydrogen-bond acceptors (Lipinski definition) is 3. The van der Waals surface area contributed by atoms with E-state index in [1.807, 2.05) is 4.90 Å². The van der Waals surface area contributed by atoms with Crippen LogP contribution in [0.3, 0.4) is 0 Å². The normalized spacial score (nSPS) is 36.3. The van der Waals surface area contributed by atoms with Gasteiger partial charge in [-0.2, -0.15) is 0 Å². The van der Waals surface area contributed by atoms with Crippen molar-refractivity contribution in [2.75, 3.05) is 19.7 Å². The third-order valence-electron chi connectivity index (χ3n) is 4.80. The van der Waals surface area contributed by atoms with E-state index in [1.54, 1.807) is 0 Å². The van der Waals surface area contributed by atoms with Crippen LogP contribution in [0.5, 0.6) is 0 Å². The first-order valence-electron chi connectivity index (χ1n) is 7.74. The summed E-state index contributed by atoms with van der Waals surface area (Å²) in [6, 6.07) is 0. The number of aliphatic hydroxyl groups is 1. The van der Waals surface area contributed by atoms with Gasteiger partial charge in [0.05, 0.1) is 5.54 Å². The Labute approximate surface area is 116 Å². The Kier molecular flexibility index (Phi) is 4.85. The molecule has 1 saturated carbocycles. The number of hydrogen-bond donors (Lipinski definition) is 2. The summed E-state index contributed by atoms with van der Waals surface area (Å²) in [6.45, 7) is 4.04. The van der Waals surface area contributed by atoms with Crippen molar-refractivity contribution < 1.29 is 9.90 Å². The number of likely N-dealkylation sites (tertiary alicyclic amines) is 1. The van der Waals surface area contributed by atoms with Crippen molar-refractivity contribution in [3.8, 4) is 0 Å². The SMILES string of the molecule is CC1CCCC(N)(C(=O)N2CCCC(CCO)C2)C1. The van der Waals surface area contributed by atoms with E-state index in [0.29, 0.717) is 11.8 Å². The van der Waals surface area contributed by atoms with Crippen LogP contribution in [-0.4, -0.2) is 41.1 Å². The summed E-state index contributed by atoms with van der Waals surface area (Å²) in [4.78, 5) is 14.7. The fraction of sp³-hybridized carbons (Fsp3) is 0.933. The molecule has 3 N–H and O–H groups in total. The van der Waals surface area contributed by atoms with E-state index in [-0.39, 0.29) is 12.5 Å². The average Bonchev–Trinajstić information content (AvgIpc) is 2.38. The van der Waals surface area contributed by atoms with Gasteiger partial charge in [-0.3, -0.25) is 4.79 Å². The molecule has 1 amide bonds. The van der Waals surface area contributed by atoms with Crippen molar-refractivity contribution in [1.29, 1.82) is 0 Å². The molecule has 0 aromatic heterocycles. The standard InChI is InChI=1S/C15H28N2O2/c1-12-4-2-7-15(16,10-12)14(19)17-8-3-5-13(11-17)6-9-18/h12-13,18H,2-11,16H2,1H3. The maximum atomic E-state index is 12.7. The topological polar surface area (TPSA) is 66.6 Å². The molecule has 19 heavy (non-hydrogen) atoms. The van der Waals surface area contributed by atoms with Crippen LogP contribution in [0.25, 0.3) is 0 Å². The highest BCUT2D eigenvalue weighted by molar-refractivity contribution is 5.86. The molecule has 1 aliphatic heterocycles. The molecule has 0 aromatic rings. The van der Waals surface area contributed by atoms with Crippen molar-refractivity contribution in [1.82, 2.24) is 4.90 Å². The molecule has 3 unspecified atom stereocenters. The summed E-state index contributed by atoms with van der Waals surface area (Å²) in [7, 11) is 0. The summed E-state index contributed by atoms with van der Waals surface area (Å²) < 4.78 is 0. The number of nitrogens with two attached hydrogens (primary N) is 1. The van der Waals surface area contributed by atoms with Crippen LogP contribution >= 0.6 is 0 Å². The molecule has 0 bridgehead atoms. The van der Waals surface area contributed by atoms with Gasteiger partial charge in [0.15, 0.2) is 0 Å². The highest BCUT2D eigenvalue weighted by Crippen LogP contribution is 2.33. The molecule has 4 heteroatoms. The molecule has 2 fully saturated rings. The Bertz CT molecular complexity index is 319. The number of nitrogens with zero attached hydrogens (tertiary/aromatic N) is 1. The van der Waals surface area contributed by atoms with E-state index in [9.17, 15) is 4.79 Å². The van der Waals surface area contributed by atoms with Crippen LogP contribution in [0.4, 0.5) is 0 Å². The molecule has 2 rings (SSSR count). The van der Waals surface area contributed by atoms with Crippen molar-refractivity contribution in [2.24, 2.45) is 17.6 Å². The van der Waals surface area contributed by atoms with Gasteiger partial charge in [0.1, 0.15) is 0 Å². The number of carbonyl (C=O) groups is 1. The second-order valence-corrected chi connectivity index (χ2v) is 6.63. The van der Waals surface area contributed by atoms with E-state index in [1.165, 1.54) is 6.42 Å². The molecule has 110 valence electrons. The second kappa shape index (κ2) is 6.23. The zero-order valence-corrected chi connectivity index (χ0v) is 12.1. The van der Waals surface area contributed by atoms with E-state index in [4.69, 9.17) is 10.8 Å². The zero-order chi connectivity index (χ0) is 13.9. The lowest BCUT2D eigenvalue weighted by Crippen LogP contribution is -2.59. The van der Waals surface area contributed by atoms with Gasteiger partial charge >= 0.3 is 0 Å². The number of aliphatic hydroxyl groups excluding tert-OH is 1. The van der Waals surface area contributed by atoms with Gasteiger partial charge < -0.3 is 15.7 Å². The molecule has 1 heterocycles. The second-order valence-electron chi connectivity index (χ2n) is 6.63. The number of piperidine rings is 1. The molecular formula is C15H28N2O2. The summed E-state index contributed by atoms with van der Waals surface area (Å²) in [5, 5.41) is 9.05. The quantitative estimate of drug-likeness (QED) is 0.815. The fourth-order valence-electron chi connectivity index (χ4n) is 3.77. The molecule has 0 radical (unpaired) electrons. The van der Waals surface area contributed by atoms with Gasteiger partial charge in [0.2, 0.25) is 5.91 Å². The summed E-state index contributed by atoms with van der Waals surface area (Å²) in [5.74, 6) is 1.16. The van der Waals surface area contributed by atoms with Crippen LogP contribution < -0.4 is 5.73 Å². The minimum atomic E-state index is -0.626. The highest BCUT2D eigenvalue weighted by Gasteiger charge is 2.41. The minimum Gasteiger partial charge on any atom is -0.396 e. The first-order valence-corrected chi connectivity index (χ1v) is 7.74. The third kappa shape index (κ3) is 3.48. The molecule has 3 atom stereocenters. The minimum absolute atomic E-state index is 0.154. The van der Waals surface area contributed by atoms with Crippen molar-refractivity contribution in [3.05, 3.63) is 0 Å².